The Bertz CT molecular complexity index is 485. The van der Waals surface area contributed by atoms with Gasteiger partial charge in [-0.05, 0) is 11.6 Å². The molecule has 2 rings (SSSR count). The maximum Gasteiger partial charge on any atom is 0.266 e. The molecule has 2 aromatic heterocycles. The summed E-state index contributed by atoms with van der Waals surface area (Å²) in [5.41, 5.74) is 1.53. The summed E-state index contributed by atoms with van der Waals surface area (Å²) in [6, 6.07) is 5.29. The second kappa shape index (κ2) is 5.87. The molecular weight excluding hydrogens is 228 g/mol. The molecule has 0 atom stereocenters. The molecule has 0 aliphatic carbocycles. The van der Waals surface area contributed by atoms with Crippen LogP contribution in [0.3, 0.4) is 0 Å². The molecule has 0 fully saturated rings. The maximum atomic E-state index is 10.9. The summed E-state index contributed by atoms with van der Waals surface area (Å²) in [4.78, 5) is 14.9. The molecule has 0 unspecified atom stereocenters. The molecule has 0 aliphatic heterocycles. The number of halogens is 1. The van der Waals surface area contributed by atoms with Crippen LogP contribution in [0.4, 0.5) is 5.69 Å². The van der Waals surface area contributed by atoms with Crippen LogP contribution in [0.15, 0.2) is 41.6 Å². The molecule has 2 N–H and O–H groups in total. The Morgan fingerprint density at radius 2 is 2.25 bits per heavy atom. The van der Waals surface area contributed by atoms with Crippen molar-refractivity contribution in [1.29, 1.82) is 0 Å². The van der Waals surface area contributed by atoms with Gasteiger partial charge in [0.05, 0.1) is 11.9 Å². The number of rotatable bonds is 3. The van der Waals surface area contributed by atoms with E-state index in [0.717, 1.165) is 5.56 Å². The first-order valence-electron chi connectivity index (χ1n) is 4.52. The van der Waals surface area contributed by atoms with Gasteiger partial charge in [-0.1, -0.05) is 6.07 Å². The normalized spacial score (nSPS) is 9.25. The summed E-state index contributed by atoms with van der Waals surface area (Å²) >= 11 is 0. The zero-order chi connectivity index (χ0) is 10.5. The number of nitrogens with zero attached hydrogens (tertiary/aromatic N) is 2. The van der Waals surface area contributed by atoms with E-state index in [0.29, 0.717) is 12.2 Å². The van der Waals surface area contributed by atoms with E-state index in [1.807, 2.05) is 12.1 Å². The highest BCUT2D eigenvalue weighted by Gasteiger charge is 1.94. The monoisotopic (exact) mass is 238 g/mol. The highest BCUT2D eigenvalue weighted by atomic mass is 35.5. The molecule has 0 amide bonds. The van der Waals surface area contributed by atoms with Crippen molar-refractivity contribution < 1.29 is 0 Å². The third-order valence-electron chi connectivity index (χ3n) is 1.88. The lowest BCUT2D eigenvalue weighted by molar-refractivity contribution is 0.980. The predicted octanol–water partition coefficient (Wildman–Crippen LogP) is 1.20. The zero-order valence-corrected chi connectivity index (χ0v) is 9.20. The topological polar surface area (TPSA) is 70.7 Å². The molecule has 0 radical (unpaired) electrons. The molecule has 0 aliphatic rings. The Hall–Kier alpha value is -1.88. The molecule has 0 saturated heterocycles. The van der Waals surface area contributed by atoms with Crippen LogP contribution >= 0.6 is 12.4 Å². The molecule has 0 saturated carbocycles. The van der Waals surface area contributed by atoms with Crippen molar-refractivity contribution in [3.05, 3.63) is 52.7 Å². The molecule has 0 spiro atoms. The van der Waals surface area contributed by atoms with E-state index in [-0.39, 0.29) is 18.0 Å². The molecule has 0 aromatic carbocycles. The first-order chi connectivity index (χ1) is 7.34. The summed E-state index contributed by atoms with van der Waals surface area (Å²) in [6.07, 6.45) is 5.06. The minimum Gasteiger partial charge on any atom is -0.379 e. The van der Waals surface area contributed by atoms with Crippen LogP contribution in [0, 0.1) is 0 Å². The molecule has 2 aromatic rings. The molecule has 84 valence electrons. The fourth-order valence-electron chi connectivity index (χ4n) is 1.18. The SMILES string of the molecule is Cl.O=c1cc(NCc2cccnc2)cn[nH]1. The zero-order valence-electron chi connectivity index (χ0n) is 8.38. The molecule has 0 bridgehead atoms. The van der Waals surface area contributed by atoms with Gasteiger partial charge in [0.2, 0.25) is 0 Å². The van der Waals surface area contributed by atoms with E-state index >= 15 is 0 Å². The summed E-state index contributed by atoms with van der Waals surface area (Å²) in [5.74, 6) is 0. The van der Waals surface area contributed by atoms with Crippen molar-refractivity contribution in [3.8, 4) is 0 Å². The van der Waals surface area contributed by atoms with Crippen molar-refractivity contribution in [1.82, 2.24) is 15.2 Å². The van der Waals surface area contributed by atoms with Gasteiger partial charge >= 0.3 is 0 Å². The number of hydrogen-bond acceptors (Lipinski definition) is 4. The Labute approximate surface area is 98.3 Å². The Morgan fingerprint density at radius 1 is 1.38 bits per heavy atom. The molecule has 16 heavy (non-hydrogen) atoms. The van der Waals surface area contributed by atoms with E-state index in [1.54, 1.807) is 18.6 Å². The van der Waals surface area contributed by atoms with E-state index in [1.165, 1.54) is 6.07 Å². The third-order valence-corrected chi connectivity index (χ3v) is 1.88. The first kappa shape index (κ1) is 12.2. The molecular formula is C10H11ClN4O. The Morgan fingerprint density at radius 3 is 2.94 bits per heavy atom. The number of H-pyrrole nitrogens is 1. The minimum atomic E-state index is -0.216. The second-order valence-corrected chi connectivity index (χ2v) is 3.05. The lowest BCUT2D eigenvalue weighted by Crippen LogP contribution is -2.09. The quantitative estimate of drug-likeness (QED) is 0.843. The average molecular weight is 239 g/mol. The summed E-state index contributed by atoms with van der Waals surface area (Å²) in [5, 5.41) is 9.07. The van der Waals surface area contributed by atoms with Crippen molar-refractivity contribution in [2.24, 2.45) is 0 Å². The van der Waals surface area contributed by atoms with Gasteiger partial charge in [0.1, 0.15) is 0 Å². The molecule has 5 nitrogen and oxygen atoms in total. The van der Waals surface area contributed by atoms with Gasteiger partial charge in [-0.2, -0.15) is 5.10 Å². The van der Waals surface area contributed by atoms with Crippen molar-refractivity contribution >= 4 is 18.1 Å². The van der Waals surface area contributed by atoms with Crippen LogP contribution in [0.1, 0.15) is 5.56 Å². The van der Waals surface area contributed by atoms with Crippen molar-refractivity contribution in [3.63, 3.8) is 0 Å². The third kappa shape index (κ3) is 3.36. The van der Waals surface area contributed by atoms with Gasteiger partial charge in [0, 0.05) is 25.0 Å². The predicted molar refractivity (Wildman–Crippen MR) is 63.7 cm³/mol. The lowest BCUT2D eigenvalue weighted by atomic mass is 10.3. The number of aromatic nitrogens is 3. The maximum absolute atomic E-state index is 10.9. The first-order valence-corrected chi connectivity index (χ1v) is 4.52. The number of aromatic amines is 1. The summed E-state index contributed by atoms with van der Waals surface area (Å²) in [7, 11) is 0. The summed E-state index contributed by atoms with van der Waals surface area (Å²) in [6.45, 7) is 0.624. The van der Waals surface area contributed by atoms with E-state index in [2.05, 4.69) is 20.5 Å². The highest BCUT2D eigenvalue weighted by molar-refractivity contribution is 5.85. The van der Waals surface area contributed by atoms with Gasteiger partial charge in [-0.15, -0.1) is 12.4 Å². The molecule has 6 heteroatoms. The molecule has 2 heterocycles. The Kier molecular flexibility index (Phi) is 4.47. The van der Waals surface area contributed by atoms with Crippen LogP contribution in [0.25, 0.3) is 0 Å². The minimum absolute atomic E-state index is 0. The smallest absolute Gasteiger partial charge is 0.266 e. The van der Waals surface area contributed by atoms with Crippen LogP contribution in [0.5, 0.6) is 0 Å². The van der Waals surface area contributed by atoms with E-state index in [9.17, 15) is 4.79 Å². The second-order valence-electron chi connectivity index (χ2n) is 3.05. The Balaban J connectivity index is 0.00000128. The number of anilines is 1. The van der Waals surface area contributed by atoms with Crippen molar-refractivity contribution in [2.45, 2.75) is 6.54 Å². The van der Waals surface area contributed by atoms with Gasteiger partial charge in [0.15, 0.2) is 0 Å². The number of nitrogens with one attached hydrogen (secondary N) is 2. The number of hydrogen-bond donors (Lipinski definition) is 2. The van der Waals surface area contributed by atoms with Crippen LogP contribution in [-0.2, 0) is 6.54 Å². The lowest BCUT2D eigenvalue weighted by Gasteiger charge is -2.04. The number of pyridine rings is 1. The largest absolute Gasteiger partial charge is 0.379 e. The van der Waals surface area contributed by atoms with Crippen LogP contribution in [-0.4, -0.2) is 15.2 Å². The van der Waals surface area contributed by atoms with E-state index < -0.39 is 0 Å². The van der Waals surface area contributed by atoms with Crippen molar-refractivity contribution in [2.75, 3.05) is 5.32 Å². The fraction of sp³-hybridized carbons (Fsp3) is 0.100. The van der Waals surface area contributed by atoms with Gasteiger partial charge in [-0.25, -0.2) is 5.10 Å². The fourth-order valence-corrected chi connectivity index (χ4v) is 1.18. The standard InChI is InChI=1S/C10H10N4O.ClH/c15-10-4-9(7-13-14-10)12-6-8-2-1-3-11-5-8;/h1-5,7H,6H2,(H2,12,14,15);1H. The van der Waals surface area contributed by atoms with Gasteiger partial charge < -0.3 is 5.32 Å². The van der Waals surface area contributed by atoms with Crippen LogP contribution < -0.4 is 10.9 Å². The van der Waals surface area contributed by atoms with E-state index in [4.69, 9.17) is 0 Å². The average Bonchev–Trinajstić information content (AvgIpc) is 2.28. The summed E-state index contributed by atoms with van der Waals surface area (Å²) < 4.78 is 0. The van der Waals surface area contributed by atoms with Gasteiger partial charge in [-0.3, -0.25) is 9.78 Å². The highest BCUT2D eigenvalue weighted by Crippen LogP contribution is 2.03. The van der Waals surface area contributed by atoms with Crippen LogP contribution in [0.2, 0.25) is 0 Å². The van der Waals surface area contributed by atoms with Gasteiger partial charge in [0.25, 0.3) is 5.56 Å².